The fourth-order valence-corrected chi connectivity index (χ4v) is 3.28. The SMILES string of the molecule is CC1CCC(Oc2nc(CCl)cc3ccccc23)CC1C. The number of pyridine rings is 1. The van der Waals surface area contributed by atoms with Gasteiger partial charge in [0.05, 0.1) is 11.6 Å². The van der Waals surface area contributed by atoms with Crippen LogP contribution < -0.4 is 4.74 Å². The van der Waals surface area contributed by atoms with E-state index in [-0.39, 0.29) is 6.10 Å². The van der Waals surface area contributed by atoms with E-state index in [1.165, 1.54) is 6.42 Å². The average molecular weight is 304 g/mol. The molecule has 1 aliphatic carbocycles. The zero-order valence-corrected chi connectivity index (χ0v) is 13.4. The summed E-state index contributed by atoms with van der Waals surface area (Å²) in [7, 11) is 0. The lowest BCUT2D eigenvalue weighted by Crippen LogP contribution is -2.29. The maximum atomic E-state index is 6.26. The molecule has 21 heavy (non-hydrogen) atoms. The van der Waals surface area contributed by atoms with E-state index in [4.69, 9.17) is 16.3 Å². The summed E-state index contributed by atoms with van der Waals surface area (Å²) in [6, 6.07) is 10.3. The van der Waals surface area contributed by atoms with Gasteiger partial charge in [-0.15, -0.1) is 11.6 Å². The van der Waals surface area contributed by atoms with Crippen molar-refractivity contribution in [3.05, 3.63) is 36.0 Å². The summed E-state index contributed by atoms with van der Waals surface area (Å²) in [6.45, 7) is 4.66. The van der Waals surface area contributed by atoms with E-state index >= 15 is 0 Å². The molecular formula is C18H22ClNO. The number of nitrogens with zero attached hydrogens (tertiary/aromatic N) is 1. The van der Waals surface area contributed by atoms with Crippen LogP contribution in [0.25, 0.3) is 10.8 Å². The van der Waals surface area contributed by atoms with Crippen LogP contribution in [0.15, 0.2) is 30.3 Å². The number of alkyl halides is 1. The average Bonchev–Trinajstić information content (AvgIpc) is 2.51. The third-order valence-electron chi connectivity index (χ3n) is 4.72. The number of aromatic nitrogens is 1. The molecule has 1 aliphatic rings. The van der Waals surface area contributed by atoms with Crippen molar-refractivity contribution in [2.45, 2.75) is 45.1 Å². The Bertz CT molecular complexity index is 628. The zero-order valence-electron chi connectivity index (χ0n) is 12.7. The molecule has 3 unspecified atom stereocenters. The molecule has 2 nitrogen and oxygen atoms in total. The second kappa shape index (κ2) is 6.23. The maximum Gasteiger partial charge on any atom is 0.221 e. The molecule has 1 aromatic carbocycles. The molecule has 0 bridgehead atoms. The van der Waals surface area contributed by atoms with Crippen LogP contribution >= 0.6 is 11.6 Å². The van der Waals surface area contributed by atoms with Crippen molar-refractivity contribution in [3.8, 4) is 5.88 Å². The topological polar surface area (TPSA) is 22.1 Å². The highest BCUT2D eigenvalue weighted by Crippen LogP contribution is 2.33. The van der Waals surface area contributed by atoms with Gasteiger partial charge in [-0.3, -0.25) is 0 Å². The highest BCUT2D eigenvalue weighted by Gasteiger charge is 2.26. The number of benzene rings is 1. The standard InChI is InChI=1S/C18H22ClNO/c1-12-7-8-16(9-13(12)2)21-18-17-6-4-3-5-14(17)10-15(11-19)20-18/h3-6,10,12-13,16H,7-9,11H2,1-2H3. The second-order valence-corrected chi connectivity index (χ2v) is 6.55. The molecule has 0 N–H and O–H groups in total. The number of halogens is 1. The molecule has 2 aromatic rings. The molecule has 3 heteroatoms. The smallest absolute Gasteiger partial charge is 0.221 e. The molecule has 0 radical (unpaired) electrons. The van der Waals surface area contributed by atoms with Gasteiger partial charge >= 0.3 is 0 Å². The van der Waals surface area contributed by atoms with Gasteiger partial charge < -0.3 is 4.74 Å². The molecule has 112 valence electrons. The minimum absolute atomic E-state index is 0.276. The van der Waals surface area contributed by atoms with Gasteiger partial charge in [-0.05, 0) is 48.6 Å². The van der Waals surface area contributed by atoms with Crippen molar-refractivity contribution in [1.82, 2.24) is 4.98 Å². The Morgan fingerprint density at radius 3 is 2.76 bits per heavy atom. The van der Waals surface area contributed by atoms with Gasteiger partial charge in [0.25, 0.3) is 0 Å². The summed E-state index contributed by atoms with van der Waals surface area (Å²) in [4.78, 5) is 4.60. The van der Waals surface area contributed by atoms with Crippen LogP contribution in [-0.4, -0.2) is 11.1 Å². The zero-order chi connectivity index (χ0) is 14.8. The summed E-state index contributed by atoms with van der Waals surface area (Å²) in [5.41, 5.74) is 0.877. The summed E-state index contributed by atoms with van der Waals surface area (Å²) in [5, 5.41) is 2.23. The largest absolute Gasteiger partial charge is 0.474 e. The molecule has 1 fully saturated rings. The monoisotopic (exact) mass is 303 g/mol. The normalized spacial score (nSPS) is 26.0. The molecule has 1 aromatic heterocycles. The van der Waals surface area contributed by atoms with Gasteiger partial charge in [0.15, 0.2) is 0 Å². The Labute approximate surface area is 131 Å². The van der Waals surface area contributed by atoms with E-state index in [1.807, 2.05) is 18.2 Å². The Kier molecular flexibility index (Phi) is 4.34. The van der Waals surface area contributed by atoms with Gasteiger partial charge in [0.2, 0.25) is 5.88 Å². The van der Waals surface area contributed by atoms with Gasteiger partial charge in [-0.25, -0.2) is 4.98 Å². The molecule has 0 spiro atoms. The number of hydrogen-bond donors (Lipinski definition) is 0. The molecule has 0 aliphatic heterocycles. The van der Waals surface area contributed by atoms with Crippen molar-refractivity contribution < 1.29 is 4.74 Å². The summed E-state index contributed by atoms with van der Waals surface area (Å²) in [6.07, 6.45) is 3.74. The second-order valence-electron chi connectivity index (χ2n) is 6.28. The number of rotatable bonds is 3. The number of ether oxygens (including phenoxy) is 1. The lowest BCUT2D eigenvalue weighted by molar-refractivity contribution is 0.0978. The van der Waals surface area contributed by atoms with Crippen LogP contribution in [0.1, 0.15) is 38.8 Å². The fourth-order valence-electron chi connectivity index (χ4n) is 3.14. The van der Waals surface area contributed by atoms with Crippen molar-refractivity contribution >= 4 is 22.4 Å². The minimum atomic E-state index is 0.276. The highest BCUT2D eigenvalue weighted by molar-refractivity contribution is 6.17. The summed E-state index contributed by atoms with van der Waals surface area (Å²) < 4.78 is 6.26. The summed E-state index contributed by atoms with van der Waals surface area (Å²) >= 11 is 5.97. The minimum Gasteiger partial charge on any atom is -0.474 e. The molecule has 0 saturated heterocycles. The van der Waals surface area contributed by atoms with E-state index in [9.17, 15) is 0 Å². The first-order valence-corrected chi connectivity index (χ1v) is 8.32. The molecule has 1 heterocycles. The first-order chi connectivity index (χ1) is 10.2. The first-order valence-electron chi connectivity index (χ1n) is 7.78. The van der Waals surface area contributed by atoms with Crippen LogP contribution in [0.4, 0.5) is 0 Å². The van der Waals surface area contributed by atoms with Gasteiger partial charge in [-0.2, -0.15) is 0 Å². The first kappa shape index (κ1) is 14.6. The van der Waals surface area contributed by atoms with Crippen molar-refractivity contribution in [2.24, 2.45) is 11.8 Å². The maximum absolute atomic E-state index is 6.26. The fraction of sp³-hybridized carbons (Fsp3) is 0.500. The molecule has 3 atom stereocenters. The third kappa shape index (κ3) is 3.16. The van der Waals surface area contributed by atoms with E-state index in [0.717, 1.165) is 41.1 Å². The lowest BCUT2D eigenvalue weighted by Gasteiger charge is -2.32. The van der Waals surface area contributed by atoms with Crippen molar-refractivity contribution in [3.63, 3.8) is 0 Å². The van der Waals surface area contributed by atoms with E-state index in [2.05, 4.69) is 31.0 Å². The predicted molar refractivity (Wildman–Crippen MR) is 87.9 cm³/mol. The molecular weight excluding hydrogens is 282 g/mol. The van der Waals surface area contributed by atoms with Gasteiger partial charge in [0.1, 0.15) is 6.10 Å². The molecule has 3 rings (SSSR count). The van der Waals surface area contributed by atoms with Crippen LogP contribution in [0, 0.1) is 11.8 Å². The van der Waals surface area contributed by atoms with Gasteiger partial charge in [-0.1, -0.05) is 32.0 Å². The Morgan fingerprint density at radius 1 is 1.19 bits per heavy atom. The van der Waals surface area contributed by atoms with Crippen molar-refractivity contribution in [1.29, 1.82) is 0 Å². The Morgan fingerprint density at radius 2 is 2.00 bits per heavy atom. The predicted octanol–water partition coefficient (Wildman–Crippen LogP) is 5.18. The van der Waals surface area contributed by atoms with Crippen LogP contribution in [0.3, 0.4) is 0 Å². The highest BCUT2D eigenvalue weighted by atomic mass is 35.5. The molecule has 0 amide bonds. The summed E-state index contributed by atoms with van der Waals surface area (Å²) in [5.74, 6) is 2.67. The van der Waals surface area contributed by atoms with E-state index in [1.54, 1.807) is 0 Å². The van der Waals surface area contributed by atoms with Crippen LogP contribution in [0.5, 0.6) is 5.88 Å². The number of fused-ring (bicyclic) bond motifs is 1. The van der Waals surface area contributed by atoms with E-state index in [0.29, 0.717) is 11.8 Å². The van der Waals surface area contributed by atoms with Crippen molar-refractivity contribution in [2.75, 3.05) is 0 Å². The van der Waals surface area contributed by atoms with Gasteiger partial charge in [0, 0.05) is 5.39 Å². The lowest BCUT2D eigenvalue weighted by atomic mass is 9.80. The quantitative estimate of drug-likeness (QED) is 0.729. The Hall–Kier alpha value is -1.28. The number of hydrogen-bond acceptors (Lipinski definition) is 2. The van der Waals surface area contributed by atoms with E-state index < -0.39 is 0 Å². The van der Waals surface area contributed by atoms with Crippen LogP contribution in [0.2, 0.25) is 0 Å². The third-order valence-corrected chi connectivity index (χ3v) is 5.00. The molecule has 1 saturated carbocycles. The Balaban J connectivity index is 1.89. The van der Waals surface area contributed by atoms with Crippen LogP contribution in [-0.2, 0) is 5.88 Å².